The molecule has 20 nitrogen and oxygen atoms in total. The molecule has 7 aromatic rings. The molecule has 9 heterocycles. The quantitative estimate of drug-likeness (QED) is 0.0481. The topological polar surface area (TPSA) is 209 Å². The van der Waals surface area contributed by atoms with Crippen LogP contribution >= 0.6 is 0 Å². The molecule has 0 saturated carbocycles. The molecule has 7 aliphatic heterocycles. The van der Waals surface area contributed by atoms with E-state index in [1.54, 1.807) is 34.9 Å². The van der Waals surface area contributed by atoms with Gasteiger partial charge in [0.25, 0.3) is 0 Å². The van der Waals surface area contributed by atoms with E-state index in [0.29, 0.717) is 25.3 Å². The Hall–Kier alpha value is -6.99. The molecule has 0 amide bonds. The number of nitrogens with one attached hydrogen (secondary N) is 3. The van der Waals surface area contributed by atoms with Crippen LogP contribution in [0.4, 0.5) is 11.4 Å². The van der Waals surface area contributed by atoms with Gasteiger partial charge in [0.15, 0.2) is 60.1 Å². The van der Waals surface area contributed by atoms with Crippen LogP contribution in [-0.4, -0.2) is 110 Å². The zero-order valence-electron chi connectivity index (χ0n) is 47.5. The number of ether oxygens (including phenoxy) is 11. The summed E-state index contributed by atoms with van der Waals surface area (Å²) in [6.07, 6.45) is 5.01. The maximum Gasteiger partial charge on any atom is 0.336 e. The molecule has 3 fully saturated rings. The van der Waals surface area contributed by atoms with Crippen LogP contribution in [0.3, 0.4) is 0 Å². The molecule has 0 spiro atoms. The largest absolute Gasteiger partial charge is 0.495 e. The summed E-state index contributed by atoms with van der Waals surface area (Å²) in [4.78, 5) is 0. The van der Waals surface area contributed by atoms with Crippen LogP contribution in [0.25, 0.3) is 44.1 Å². The molecule has 3 saturated heterocycles. The molecule has 5 aromatic carbocycles. The average molecular weight is 1150 g/mol. The van der Waals surface area contributed by atoms with Crippen LogP contribution < -0.4 is 58.4 Å². The lowest BCUT2D eigenvalue weighted by atomic mass is 9.64. The molecule has 2 aromatic heterocycles. The number of methoxy groups -OCH3 is 2. The van der Waals surface area contributed by atoms with Crippen molar-refractivity contribution in [2.75, 3.05) is 64.7 Å². The fraction of sp³-hybridized carbons (Fsp3) is 0.410. The van der Waals surface area contributed by atoms with E-state index in [1.165, 1.54) is 22.4 Å². The van der Waals surface area contributed by atoms with Gasteiger partial charge in [-0.05, 0) is 103 Å². The number of rotatable bonds is 15. The second kappa shape index (κ2) is 21.6. The Balaban J connectivity index is 0.000000166. The van der Waals surface area contributed by atoms with Crippen molar-refractivity contribution >= 4 is 55.6 Å². The van der Waals surface area contributed by atoms with Crippen molar-refractivity contribution in [2.45, 2.75) is 109 Å². The zero-order valence-corrected chi connectivity index (χ0v) is 48.3. The van der Waals surface area contributed by atoms with Crippen LogP contribution in [0.2, 0.25) is 6.82 Å². The molecule has 0 bridgehead atoms. The summed E-state index contributed by atoms with van der Waals surface area (Å²) >= 11 is 0. The van der Waals surface area contributed by atoms with Gasteiger partial charge in [0.05, 0.1) is 54.1 Å². The van der Waals surface area contributed by atoms with Crippen molar-refractivity contribution in [3.63, 3.8) is 0 Å². The molecule has 4 N–H and O–H groups in total. The number of anilines is 2. The molecule has 434 valence electrons. The molecule has 4 atom stereocenters. The van der Waals surface area contributed by atoms with E-state index in [4.69, 9.17) is 56.3 Å². The van der Waals surface area contributed by atoms with Crippen molar-refractivity contribution in [1.29, 1.82) is 0 Å². The number of benzene rings is 5. The summed E-state index contributed by atoms with van der Waals surface area (Å²) in [5.74, 6) is 1.35. The minimum absolute atomic E-state index is 0.134. The maximum atomic E-state index is 12.9. The summed E-state index contributed by atoms with van der Waals surface area (Å²) in [6.45, 7) is 11.6. The SMILES string of the molecule is COc1ccc2cc3[n+](cc2c1NCCCNS(=O)(=O)OC[C@@]12OC[C@H]4OC(C)(C)O[C@H]4C1OC(C)(C)O2)CCc1cc2c(cc1-3)OCO2.COc1ccc2cc3[n+](cc2c1NCc1cccc(B(C)O)c1)CCc1cc2c(cc1-3)OCO2. The highest BCUT2D eigenvalue weighted by molar-refractivity contribution is 7.84. The van der Waals surface area contributed by atoms with Gasteiger partial charge < -0.3 is 67.8 Å². The van der Waals surface area contributed by atoms with Crippen LogP contribution in [0.15, 0.2) is 97.3 Å². The number of pyridine rings is 2. The van der Waals surface area contributed by atoms with E-state index in [-0.39, 0.29) is 32.8 Å². The smallest absolute Gasteiger partial charge is 0.336 e. The lowest BCUT2D eigenvalue weighted by Crippen LogP contribution is -2.60. The first-order valence-electron chi connectivity index (χ1n) is 28.2. The van der Waals surface area contributed by atoms with E-state index in [1.807, 2.05) is 50.2 Å². The minimum atomic E-state index is -4.15. The van der Waals surface area contributed by atoms with Crippen molar-refractivity contribution < 1.29 is 78.9 Å². The third-order valence-electron chi connectivity index (χ3n) is 16.2. The van der Waals surface area contributed by atoms with Crippen molar-refractivity contribution in [2.24, 2.45) is 0 Å². The summed E-state index contributed by atoms with van der Waals surface area (Å²) in [6, 6.07) is 28.9. The Morgan fingerprint density at radius 1 is 0.699 bits per heavy atom. The molecule has 14 rings (SSSR count). The van der Waals surface area contributed by atoms with Crippen LogP contribution in [0.1, 0.15) is 50.8 Å². The second-order valence-electron chi connectivity index (χ2n) is 22.7. The van der Waals surface area contributed by atoms with Crippen molar-refractivity contribution in [3.05, 3.63) is 114 Å². The first-order chi connectivity index (χ1) is 39.9. The first kappa shape index (κ1) is 55.2. The number of hydrogen-bond donors (Lipinski definition) is 4. The lowest BCUT2D eigenvalue weighted by molar-refractivity contribution is -0.686. The standard InChI is InChI=1S/C34H41N3O11S.C27H25BN2O4/c1-32(2)45-28-17-43-34(31(30(28)46-32)47-33(3,4)48-34)18-44-49(38,39)36-11-6-10-35-29-23-16-37-12-9-21-14-26-27(42-19-41-26)15-22(21)24(37)13-20(23)7-8-25(29)40-5;1-28(31)20-5-3-4-17(10-20)14-29-27-22-15-30-9-8-19-12-25-26(34-16-33-25)13-21(19)23(30)11-18(22)6-7-24(27)32-2/h7-8,13-16,28,30-31,36H,6,9-12,17-19H2,1-5H3;3-7,10-13,15,31H,8-9,14,16H2,1-2H3/p+2/t28-,30-,31?,34+;/m1./s1. The molecule has 1 unspecified atom stereocenters. The molecular weight excluding hydrogens is 1090 g/mol. The first-order valence-corrected chi connectivity index (χ1v) is 29.6. The van der Waals surface area contributed by atoms with Crippen molar-refractivity contribution in [1.82, 2.24) is 4.72 Å². The third kappa shape index (κ3) is 10.7. The van der Waals surface area contributed by atoms with Crippen LogP contribution in [-0.2, 0) is 70.6 Å². The Bertz CT molecular complexity index is 3810. The maximum absolute atomic E-state index is 12.9. The molecule has 0 aliphatic carbocycles. The monoisotopic (exact) mass is 1150 g/mol. The Kier molecular flexibility index (Phi) is 14.4. The lowest BCUT2D eigenvalue weighted by Gasteiger charge is -2.40. The third-order valence-corrected chi connectivity index (χ3v) is 17.2. The highest BCUT2D eigenvalue weighted by Crippen LogP contribution is 2.48. The van der Waals surface area contributed by atoms with Crippen LogP contribution in [0, 0.1) is 0 Å². The minimum Gasteiger partial charge on any atom is -0.495 e. The van der Waals surface area contributed by atoms with Gasteiger partial charge in [0.2, 0.25) is 30.8 Å². The molecule has 7 aliphatic rings. The van der Waals surface area contributed by atoms with Gasteiger partial charge in [-0.15, -0.1) is 0 Å². The van der Waals surface area contributed by atoms with Gasteiger partial charge in [-0.2, -0.15) is 22.3 Å². The summed E-state index contributed by atoms with van der Waals surface area (Å²) < 4.78 is 103. The van der Waals surface area contributed by atoms with Crippen molar-refractivity contribution in [3.8, 4) is 57.0 Å². The summed E-state index contributed by atoms with van der Waals surface area (Å²) in [5, 5.41) is 21.3. The van der Waals surface area contributed by atoms with Gasteiger partial charge in [-0.25, -0.2) is 0 Å². The molecule has 83 heavy (non-hydrogen) atoms. The van der Waals surface area contributed by atoms with Gasteiger partial charge in [-0.3, -0.25) is 4.18 Å². The Morgan fingerprint density at radius 3 is 1.88 bits per heavy atom. The fourth-order valence-corrected chi connectivity index (χ4v) is 13.2. The molecule has 22 heteroatoms. The number of nitrogens with zero attached hydrogens (tertiary/aromatic N) is 2. The van der Waals surface area contributed by atoms with Gasteiger partial charge >= 0.3 is 17.2 Å². The molecular formula is C61H68BN5O15S+2. The Morgan fingerprint density at radius 2 is 1.29 bits per heavy atom. The number of aryl methyl sites for hydroxylation is 4. The van der Waals surface area contributed by atoms with E-state index in [0.717, 1.165) is 110 Å². The number of fused-ring (bicyclic) bond motifs is 13. The highest BCUT2D eigenvalue weighted by atomic mass is 32.2. The van der Waals surface area contributed by atoms with Crippen LogP contribution in [0.5, 0.6) is 34.5 Å². The van der Waals surface area contributed by atoms with Gasteiger partial charge in [0.1, 0.15) is 36.4 Å². The number of hydrogen-bond acceptors (Lipinski definition) is 17. The predicted molar refractivity (Wildman–Crippen MR) is 308 cm³/mol. The summed E-state index contributed by atoms with van der Waals surface area (Å²) in [5.41, 5.74) is 10.9. The Labute approximate surface area is 482 Å². The second-order valence-corrected chi connectivity index (χ2v) is 24.1. The van der Waals surface area contributed by atoms with E-state index >= 15 is 0 Å². The summed E-state index contributed by atoms with van der Waals surface area (Å²) in [7, 11) is -0.815. The van der Waals surface area contributed by atoms with E-state index in [2.05, 4.69) is 85.4 Å². The highest BCUT2D eigenvalue weighted by Gasteiger charge is 2.66. The van der Waals surface area contributed by atoms with Gasteiger partial charge in [-0.1, -0.05) is 43.2 Å². The predicted octanol–water partition coefficient (Wildman–Crippen LogP) is 6.66. The van der Waals surface area contributed by atoms with Gasteiger partial charge in [0, 0.05) is 44.6 Å². The zero-order chi connectivity index (χ0) is 57.4. The van der Waals surface area contributed by atoms with E-state index in [9.17, 15) is 13.4 Å². The van der Waals surface area contributed by atoms with E-state index < -0.39 is 53.4 Å². The molecule has 0 radical (unpaired) electrons. The number of aromatic nitrogens is 2. The average Bonchev–Trinajstić information content (AvgIpc) is 4.09. The normalized spacial score (nSPS) is 21.6. The fourth-order valence-electron chi connectivity index (χ4n) is 12.4.